The first kappa shape index (κ1) is 21.9. The minimum absolute atomic E-state index is 0.199. The van der Waals surface area contributed by atoms with E-state index in [0.29, 0.717) is 37.3 Å². The van der Waals surface area contributed by atoms with Crippen molar-refractivity contribution in [1.82, 2.24) is 5.06 Å². The van der Waals surface area contributed by atoms with Gasteiger partial charge in [-0.05, 0) is 50.9 Å². The Balaban J connectivity index is 1.74. The zero-order chi connectivity index (χ0) is 19.6. The summed E-state index contributed by atoms with van der Waals surface area (Å²) in [6, 6.07) is 0. The molecule has 0 aromatic rings. The van der Waals surface area contributed by atoms with E-state index in [1.165, 1.54) is 0 Å². The number of carbonyl (C=O) groups is 1. The van der Waals surface area contributed by atoms with Crippen LogP contribution in [0.3, 0.4) is 0 Å². The van der Waals surface area contributed by atoms with E-state index in [1.54, 1.807) is 6.08 Å². The number of hydrogen-bond acceptors (Lipinski definition) is 4. The van der Waals surface area contributed by atoms with Crippen LogP contribution in [0.4, 0.5) is 0 Å². The van der Waals surface area contributed by atoms with Crippen LogP contribution in [0, 0.1) is 11.8 Å². The molecule has 2 heterocycles. The van der Waals surface area contributed by atoms with Gasteiger partial charge >= 0.3 is 0 Å². The highest BCUT2D eigenvalue weighted by atomic mass is 16.5. The molecule has 1 amide bonds. The first-order valence-electron chi connectivity index (χ1n) is 10.3. The zero-order valence-corrected chi connectivity index (χ0v) is 16.5. The largest absolute Gasteiger partial charge is 0.389 e. The lowest BCUT2D eigenvalue weighted by molar-refractivity contribution is -0.165. The Labute approximate surface area is 163 Å². The molecule has 0 spiro atoms. The van der Waals surface area contributed by atoms with Crippen molar-refractivity contribution in [2.75, 3.05) is 6.54 Å². The van der Waals surface area contributed by atoms with E-state index in [0.717, 1.165) is 43.6 Å². The average molecular weight is 378 g/mol. The minimum Gasteiger partial charge on any atom is -0.389 e. The van der Waals surface area contributed by atoms with E-state index in [-0.39, 0.29) is 12.0 Å². The van der Waals surface area contributed by atoms with Gasteiger partial charge in [-0.1, -0.05) is 37.3 Å². The molecule has 152 valence electrons. The standard InChI is InChI=1S/C22H35NO4/c1-3-9-17(24)12-13-19-18(20-14-15-21(19)27-20)10-7-5-6-8-11-22(25)23(26)16-4-2/h3,5,7,12-13,17-21,24,26H,1,4,6,8-11,14-16H2,2H3/b7-5-,13-12+/t17?,18-,19+,20-,21+/m0/s1. The molecule has 0 aromatic carbocycles. The third-order valence-electron chi connectivity index (χ3n) is 5.51. The van der Waals surface area contributed by atoms with Gasteiger partial charge < -0.3 is 9.84 Å². The summed E-state index contributed by atoms with van der Waals surface area (Å²) in [6.07, 6.45) is 16.7. The van der Waals surface area contributed by atoms with E-state index >= 15 is 0 Å². The molecule has 5 nitrogen and oxygen atoms in total. The molecule has 27 heavy (non-hydrogen) atoms. The number of hydrogen-bond donors (Lipinski definition) is 2. The molecular weight excluding hydrogens is 342 g/mol. The zero-order valence-electron chi connectivity index (χ0n) is 16.5. The van der Waals surface area contributed by atoms with Crippen molar-refractivity contribution in [3.05, 3.63) is 37.0 Å². The topological polar surface area (TPSA) is 70.0 Å². The van der Waals surface area contributed by atoms with Crippen LogP contribution in [-0.2, 0) is 9.53 Å². The molecule has 5 atom stereocenters. The van der Waals surface area contributed by atoms with Crippen LogP contribution >= 0.6 is 0 Å². The first-order valence-corrected chi connectivity index (χ1v) is 10.3. The number of nitrogens with zero attached hydrogens (tertiary/aromatic N) is 1. The van der Waals surface area contributed by atoms with Crippen molar-refractivity contribution in [1.29, 1.82) is 0 Å². The molecule has 2 aliphatic heterocycles. The van der Waals surface area contributed by atoms with E-state index < -0.39 is 6.10 Å². The quantitative estimate of drug-likeness (QED) is 0.233. The van der Waals surface area contributed by atoms with Crippen LogP contribution in [0.1, 0.15) is 58.3 Å². The van der Waals surface area contributed by atoms with Gasteiger partial charge in [-0.2, -0.15) is 0 Å². The van der Waals surface area contributed by atoms with Crippen molar-refractivity contribution in [2.45, 2.75) is 76.6 Å². The lowest BCUT2D eigenvalue weighted by Gasteiger charge is -2.24. The molecule has 2 aliphatic rings. The number of fused-ring (bicyclic) bond motifs is 2. The Morgan fingerprint density at radius 1 is 1.33 bits per heavy atom. The lowest BCUT2D eigenvalue weighted by atomic mass is 9.77. The molecule has 5 heteroatoms. The summed E-state index contributed by atoms with van der Waals surface area (Å²) in [6.45, 7) is 5.99. The third kappa shape index (κ3) is 6.59. The lowest BCUT2D eigenvalue weighted by Crippen LogP contribution is -2.27. The van der Waals surface area contributed by atoms with E-state index in [4.69, 9.17) is 4.74 Å². The van der Waals surface area contributed by atoms with Crippen molar-refractivity contribution >= 4 is 5.91 Å². The number of amides is 1. The van der Waals surface area contributed by atoms with Crippen molar-refractivity contribution in [2.24, 2.45) is 11.8 Å². The predicted molar refractivity (Wildman–Crippen MR) is 106 cm³/mol. The number of aliphatic hydroxyl groups is 1. The van der Waals surface area contributed by atoms with E-state index in [1.807, 2.05) is 13.0 Å². The number of unbranched alkanes of at least 4 members (excludes halogenated alkanes) is 1. The highest BCUT2D eigenvalue weighted by Gasteiger charge is 2.46. The normalized spacial score (nSPS) is 28.3. The maximum atomic E-state index is 11.7. The number of carbonyl (C=O) groups excluding carboxylic acids is 1. The molecule has 2 N–H and O–H groups in total. The molecule has 0 saturated carbocycles. The van der Waals surface area contributed by atoms with Crippen molar-refractivity contribution in [3.63, 3.8) is 0 Å². The summed E-state index contributed by atoms with van der Waals surface area (Å²) in [5, 5.41) is 20.2. The third-order valence-corrected chi connectivity index (χ3v) is 5.51. The Kier molecular flexibility index (Phi) is 9.25. The van der Waals surface area contributed by atoms with Gasteiger partial charge in [0.05, 0.1) is 18.3 Å². The predicted octanol–water partition coefficient (Wildman–Crippen LogP) is 4.02. The summed E-state index contributed by atoms with van der Waals surface area (Å²) < 4.78 is 6.08. The fourth-order valence-corrected chi connectivity index (χ4v) is 4.10. The first-order chi connectivity index (χ1) is 13.1. The van der Waals surface area contributed by atoms with Gasteiger partial charge in [0.15, 0.2) is 0 Å². The van der Waals surface area contributed by atoms with Gasteiger partial charge in [0.1, 0.15) is 0 Å². The van der Waals surface area contributed by atoms with Crippen LogP contribution < -0.4 is 0 Å². The number of aliphatic hydroxyl groups excluding tert-OH is 1. The van der Waals surface area contributed by atoms with Crippen molar-refractivity contribution < 1.29 is 19.8 Å². The number of hydroxylamine groups is 2. The Morgan fingerprint density at radius 3 is 2.85 bits per heavy atom. The molecular formula is C22H35NO4. The van der Waals surface area contributed by atoms with Crippen LogP contribution in [0.25, 0.3) is 0 Å². The molecule has 2 saturated heterocycles. The SMILES string of the molecule is C=CCC(O)/C=C/[C@@H]1[C@H](C/C=C\CCCC(=O)N(O)CCC)[C@@H]2CC[C@H]1O2. The van der Waals surface area contributed by atoms with Crippen LogP contribution in [-0.4, -0.2) is 46.1 Å². The molecule has 1 unspecified atom stereocenters. The van der Waals surface area contributed by atoms with Crippen LogP contribution in [0.15, 0.2) is 37.0 Å². The molecule has 2 fully saturated rings. The van der Waals surface area contributed by atoms with Gasteiger partial charge in [0, 0.05) is 18.9 Å². The second kappa shape index (κ2) is 11.4. The summed E-state index contributed by atoms with van der Waals surface area (Å²) >= 11 is 0. The second-order valence-electron chi connectivity index (χ2n) is 7.62. The number of allylic oxidation sites excluding steroid dienone is 2. The van der Waals surface area contributed by atoms with Gasteiger partial charge in [0.25, 0.3) is 0 Å². The fraction of sp³-hybridized carbons (Fsp3) is 0.682. The van der Waals surface area contributed by atoms with Gasteiger partial charge in [-0.15, -0.1) is 6.58 Å². The monoisotopic (exact) mass is 377 g/mol. The number of rotatable bonds is 12. The number of ether oxygens (including phenoxy) is 1. The molecule has 2 rings (SSSR count). The molecule has 2 bridgehead atoms. The summed E-state index contributed by atoms with van der Waals surface area (Å²) in [5.41, 5.74) is 0. The highest BCUT2D eigenvalue weighted by Crippen LogP contribution is 2.45. The highest BCUT2D eigenvalue weighted by molar-refractivity contribution is 5.74. The average Bonchev–Trinajstić information content (AvgIpc) is 3.24. The summed E-state index contributed by atoms with van der Waals surface area (Å²) in [4.78, 5) is 11.7. The summed E-state index contributed by atoms with van der Waals surface area (Å²) in [5.74, 6) is 0.632. The Morgan fingerprint density at radius 2 is 2.11 bits per heavy atom. The van der Waals surface area contributed by atoms with Crippen molar-refractivity contribution in [3.8, 4) is 0 Å². The maximum Gasteiger partial charge on any atom is 0.245 e. The Bertz CT molecular complexity index is 530. The molecule has 0 aromatic heterocycles. The van der Waals surface area contributed by atoms with Crippen LogP contribution in [0.5, 0.6) is 0 Å². The van der Waals surface area contributed by atoms with Crippen LogP contribution in [0.2, 0.25) is 0 Å². The van der Waals surface area contributed by atoms with E-state index in [2.05, 4.69) is 24.8 Å². The van der Waals surface area contributed by atoms with Gasteiger partial charge in [0.2, 0.25) is 5.91 Å². The Hall–Kier alpha value is -1.43. The molecule has 0 aliphatic carbocycles. The second-order valence-corrected chi connectivity index (χ2v) is 7.62. The minimum atomic E-state index is -0.464. The van der Waals surface area contributed by atoms with Gasteiger partial charge in [-0.25, -0.2) is 5.06 Å². The molecule has 0 radical (unpaired) electrons. The van der Waals surface area contributed by atoms with E-state index in [9.17, 15) is 15.1 Å². The smallest absolute Gasteiger partial charge is 0.245 e. The fourth-order valence-electron chi connectivity index (χ4n) is 4.10. The summed E-state index contributed by atoms with van der Waals surface area (Å²) in [7, 11) is 0. The van der Waals surface area contributed by atoms with Gasteiger partial charge in [-0.3, -0.25) is 10.0 Å². The maximum absolute atomic E-state index is 11.7.